The zero-order valence-corrected chi connectivity index (χ0v) is 14.9. The van der Waals surface area contributed by atoms with Gasteiger partial charge in [-0.2, -0.15) is 0 Å². The van der Waals surface area contributed by atoms with E-state index in [4.69, 9.17) is 0 Å². The summed E-state index contributed by atoms with van der Waals surface area (Å²) < 4.78 is 2.02. The van der Waals surface area contributed by atoms with Crippen LogP contribution in [0.2, 0.25) is 0 Å². The molecule has 128 valence electrons. The first-order valence-electron chi connectivity index (χ1n) is 8.13. The van der Waals surface area contributed by atoms with Crippen LogP contribution < -0.4 is 10.9 Å². The number of aryl methyl sites for hydroxylation is 1. The largest absolute Gasteiger partial charge is 0.318 e. The molecule has 0 radical (unpaired) electrons. The number of hydrazine groups is 1. The molecular weight excluding hydrogens is 302 g/mol. The van der Waals surface area contributed by atoms with Crippen molar-refractivity contribution in [2.24, 2.45) is 5.41 Å². The van der Waals surface area contributed by atoms with Gasteiger partial charge >= 0.3 is 0 Å². The van der Waals surface area contributed by atoms with Crippen LogP contribution in [0, 0.1) is 19.3 Å². The first-order chi connectivity index (χ1) is 11.3. The van der Waals surface area contributed by atoms with E-state index >= 15 is 0 Å². The fraction of sp³-hybridized carbons (Fsp3) is 0.368. The predicted octanol–water partition coefficient (Wildman–Crippen LogP) is 3.29. The molecule has 2 rings (SSSR count). The van der Waals surface area contributed by atoms with Crippen molar-refractivity contribution in [3.63, 3.8) is 0 Å². The van der Waals surface area contributed by atoms with E-state index in [0.717, 1.165) is 17.1 Å². The third-order valence-corrected chi connectivity index (χ3v) is 4.48. The van der Waals surface area contributed by atoms with Gasteiger partial charge in [0.05, 0.1) is 5.56 Å². The second-order valence-corrected chi connectivity index (χ2v) is 6.60. The maximum Gasteiger partial charge on any atom is 0.271 e. The SMILES string of the molecule is CCC(C)(C)C(=O)NNC(=O)c1cc(C)n(-c2ccccc2)c1C. The zero-order valence-electron chi connectivity index (χ0n) is 14.9. The Balaban J connectivity index is 2.19. The monoisotopic (exact) mass is 327 g/mol. The van der Waals surface area contributed by atoms with Gasteiger partial charge in [-0.25, -0.2) is 0 Å². The molecule has 2 N–H and O–H groups in total. The zero-order chi connectivity index (χ0) is 17.9. The number of carbonyl (C=O) groups is 2. The van der Waals surface area contributed by atoms with Gasteiger partial charge in [0.25, 0.3) is 5.91 Å². The summed E-state index contributed by atoms with van der Waals surface area (Å²) in [5, 5.41) is 0. The van der Waals surface area contributed by atoms with Gasteiger partial charge < -0.3 is 4.57 Å². The molecule has 0 fully saturated rings. The number of hydrogen-bond donors (Lipinski definition) is 2. The lowest BCUT2D eigenvalue weighted by molar-refractivity contribution is -0.130. The average Bonchev–Trinajstić information content (AvgIpc) is 2.87. The number of benzene rings is 1. The smallest absolute Gasteiger partial charge is 0.271 e. The average molecular weight is 327 g/mol. The number of amides is 2. The van der Waals surface area contributed by atoms with Crippen LogP contribution in [0.3, 0.4) is 0 Å². The van der Waals surface area contributed by atoms with Gasteiger partial charge in [-0.05, 0) is 38.5 Å². The van der Waals surface area contributed by atoms with Crippen LogP contribution in [0.5, 0.6) is 0 Å². The lowest BCUT2D eigenvalue weighted by Gasteiger charge is -2.21. The molecule has 1 aromatic carbocycles. The van der Waals surface area contributed by atoms with Gasteiger partial charge in [0.15, 0.2) is 0 Å². The standard InChI is InChI=1S/C19H25N3O2/c1-6-19(4,5)18(24)21-20-17(23)16-12-13(2)22(14(16)3)15-10-8-7-9-11-15/h7-12H,6H2,1-5H3,(H,20,23)(H,21,24). The van der Waals surface area contributed by atoms with Crippen molar-refractivity contribution in [1.82, 2.24) is 15.4 Å². The van der Waals surface area contributed by atoms with Crippen LogP contribution in [0.1, 0.15) is 48.9 Å². The van der Waals surface area contributed by atoms with Gasteiger partial charge in [-0.15, -0.1) is 0 Å². The van der Waals surface area contributed by atoms with E-state index in [1.807, 2.05) is 75.6 Å². The first-order valence-corrected chi connectivity index (χ1v) is 8.13. The number of nitrogens with one attached hydrogen (secondary N) is 2. The molecule has 0 spiro atoms. The maximum absolute atomic E-state index is 12.4. The third kappa shape index (κ3) is 3.50. The molecule has 0 atom stereocenters. The summed E-state index contributed by atoms with van der Waals surface area (Å²) in [5.74, 6) is -0.513. The van der Waals surface area contributed by atoms with Gasteiger partial charge in [0.1, 0.15) is 0 Å². The van der Waals surface area contributed by atoms with Crippen molar-refractivity contribution in [3.05, 3.63) is 53.3 Å². The highest BCUT2D eigenvalue weighted by atomic mass is 16.2. The van der Waals surface area contributed by atoms with E-state index in [1.165, 1.54) is 0 Å². The summed E-state index contributed by atoms with van der Waals surface area (Å²) >= 11 is 0. The Kier molecular flexibility index (Phi) is 5.12. The van der Waals surface area contributed by atoms with E-state index in [2.05, 4.69) is 10.9 Å². The molecule has 2 aromatic rings. The van der Waals surface area contributed by atoms with Gasteiger partial charge in [-0.3, -0.25) is 20.4 Å². The summed E-state index contributed by atoms with van der Waals surface area (Å²) in [4.78, 5) is 24.5. The van der Waals surface area contributed by atoms with E-state index in [1.54, 1.807) is 0 Å². The lowest BCUT2D eigenvalue weighted by Crippen LogP contribution is -2.47. The molecule has 0 aliphatic heterocycles. The van der Waals surface area contributed by atoms with Gasteiger partial charge in [-0.1, -0.05) is 39.0 Å². The van der Waals surface area contributed by atoms with Crippen molar-refractivity contribution in [2.45, 2.75) is 41.0 Å². The lowest BCUT2D eigenvalue weighted by atomic mass is 9.90. The number of rotatable bonds is 4. The Hall–Kier alpha value is -2.56. The van der Waals surface area contributed by atoms with Crippen molar-refractivity contribution in [2.75, 3.05) is 0 Å². The normalized spacial score (nSPS) is 11.2. The minimum Gasteiger partial charge on any atom is -0.318 e. The van der Waals surface area contributed by atoms with E-state index in [9.17, 15) is 9.59 Å². The molecule has 0 bridgehead atoms. The van der Waals surface area contributed by atoms with Crippen LogP contribution in [0.4, 0.5) is 0 Å². The summed E-state index contributed by atoms with van der Waals surface area (Å²) in [7, 11) is 0. The van der Waals surface area contributed by atoms with Crippen LogP contribution in [0.15, 0.2) is 36.4 Å². The Morgan fingerprint density at radius 3 is 2.29 bits per heavy atom. The quantitative estimate of drug-likeness (QED) is 0.847. The molecule has 1 aromatic heterocycles. The van der Waals surface area contributed by atoms with Gasteiger partial charge in [0, 0.05) is 22.5 Å². The summed E-state index contributed by atoms with van der Waals surface area (Å²) in [6.45, 7) is 9.47. The molecule has 0 saturated carbocycles. The van der Waals surface area contributed by atoms with Crippen LogP contribution >= 0.6 is 0 Å². The molecule has 0 aliphatic carbocycles. The Morgan fingerprint density at radius 2 is 1.71 bits per heavy atom. The summed E-state index contributed by atoms with van der Waals surface area (Å²) in [5.41, 5.74) is 7.87. The van der Waals surface area contributed by atoms with Crippen LogP contribution in [-0.2, 0) is 4.79 Å². The highest BCUT2D eigenvalue weighted by Crippen LogP contribution is 2.21. The Labute approximate surface area is 143 Å². The molecule has 0 aliphatic rings. The summed E-state index contributed by atoms with van der Waals surface area (Å²) in [6, 6.07) is 11.7. The Bertz CT molecular complexity index is 745. The molecule has 5 nitrogen and oxygen atoms in total. The number of para-hydroxylation sites is 1. The molecule has 1 heterocycles. The topological polar surface area (TPSA) is 63.1 Å². The van der Waals surface area contributed by atoms with Crippen molar-refractivity contribution >= 4 is 11.8 Å². The molecule has 2 amide bonds. The van der Waals surface area contributed by atoms with Crippen molar-refractivity contribution in [3.8, 4) is 5.69 Å². The fourth-order valence-electron chi connectivity index (χ4n) is 2.48. The van der Waals surface area contributed by atoms with Crippen molar-refractivity contribution < 1.29 is 9.59 Å². The predicted molar refractivity (Wildman–Crippen MR) is 94.9 cm³/mol. The van der Waals surface area contributed by atoms with E-state index in [0.29, 0.717) is 12.0 Å². The van der Waals surface area contributed by atoms with Crippen LogP contribution in [-0.4, -0.2) is 16.4 Å². The summed E-state index contributed by atoms with van der Waals surface area (Å²) in [6.07, 6.45) is 0.692. The van der Waals surface area contributed by atoms with Gasteiger partial charge in [0.2, 0.25) is 5.91 Å². The number of carbonyl (C=O) groups excluding carboxylic acids is 2. The molecule has 5 heteroatoms. The minimum absolute atomic E-state index is 0.199. The number of aromatic nitrogens is 1. The Morgan fingerprint density at radius 1 is 1.08 bits per heavy atom. The molecule has 0 saturated heterocycles. The minimum atomic E-state index is -0.520. The van der Waals surface area contributed by atoms with E-state index < -0.39 is 5.41 Å². The third-order valence-electron chi connectivity index (χ3n) is 4.48. The highest BCUT2D eigenvalue weighted by molar-refractivity contribution is 5.97. The molecule has 0 unspecified atom stereocenters. The highest BCUT2D eigenvalue weighted by Gasteiger charge is 2.26. The number of nitrogens with zero attached hydrogens (tertiary/aromatic N) is 1. The second-order valence-electron chi connectivity index (χ2n) is 6.60. The molecular formula is C19H25N3O2. The van der Waals surface area contributed by atoms with Crippen LogP contribution in [0.25, 0.3) is 5.69 Å². The second kappa shape index (κ2) is 6.91. The van der Waals surface area contributed by atoms with E-state index in [-0.39, 0.29) is 11.8 Å². The first kappa shape index (κ1) is 17.8. The fourth-order valence-corrected chi connectivity index (χ4v) is 2.48. The number of hydrogen-bond acceptors (Lipinski definition) is 2. The molecule has 24 heavy (non-hydrogen) atoms. The maximum atomic E-state index is 12.4. The van der Waals surface area contributed by atoms with Crippen molar-refractivity contribution in [1.29, 1.82) is 0 Å².